The van der Waals surface area contributed by atoms with Crippen molar-refractivity contribution in [2.75, 3.05) is 19.5 Å². The number of nitrogens with one attached hydrogen (secondary N) is 2. The number of hydrogen-bond donors (Lipinski definition) is 4. The second-order valence-electron chi connectivity index (χ2n) is 6.15. The second-order valence-corrected chi connectivity index (χ2v) is 6.15. The van der Waals surface area contributed by atoms with Gasteiger partial charge in [-0.2, -0.15) is 13.2 Å². The number of rotatable bonds is 5. The molecule has 31 heavy (non-hydrogen) atoms. The lowest BCUT2D eigenvalue weighted by Gasteiger charge is -2.15. The molecule has 0 saturated heterocycles. The normalized spacial score (nSPS) is 10.6. The predicted octanol–water partition coefficient (Wildman–Crippen LogP) is 4.52. The number of carbonyl (C=O) groups is 1. The topological polar surface area (TPSA) is 118 Å². The number of carboxylic acid groups (broad SMARTS) is 1. The average molecular weight is 435 g/mol. The van der Waals surface area contributed by atoms with Crippen LogP contribution >= 0.6 is 0 Å². The average Bonchev–Trinajstić information content (AvgIpc) is 2.73. The van der Waals surface area contributed by atoms with Gasteiger partial charge in [-0.15, -0.1) is 0 Å². The van der Waals surface area contributed by atoms with Crippen LogP contribution < -0.4 is 20.5 Å². The minimum Gasteiger partial charge on any atom is -0.497 e. The number of nitrogen functional groups attached to an aromatic ring is 1. The van der Waals surface area contributed by atoms with Crippen LogP contribution in [0.15, 0.2) is 54.6 Å². The summed E-state index contributed by atoms with van der Waals surface area (Å²) in [4.78, 5) is 8.90. The highest BCUT2D eigenvalue weighted by molar-refractivity contribution is 6.04. The molecular weight excluding hydrogens is 415 g/mol. The van der Waals surface area contributed by atoms with Gasteiger partial charge in [-0.25, -0.2) is 4.79 Å². The van der Waals surface area contributed by atoms with Crippen molar-refractivity contribution in [3.63, 3.8) is 0 Å². The van der Waals surface area contributed by atoms with Gasteiger partial charge in [-0.1, -0.05) is 18.2 Å². The molecule has 0 aliphatic carbocycles. The Morgan fingerprint density at radius 3 is 2.10 bits per heavy atom. The van der Waals surface area contributed by atoms with Crippen LogP contribution in [-0.4, -0.2) is 37.3 Å². The standard InChI is InChI=1S/C19H19N3O2.C2HF3O2/c1-23-15-8-6-14(7-9-15)22-18-16-11-13(19(20)21)4-3-12(16)5-10-17(18)24-2;3-2(4,5)1(6)7/h3-11,22H,1-2H3,(H3,20,21);(H,6,7). The first-order valence-corrected chi connectivity index (χ1v) is 8.73. The molecule has 0 spiro atoms. The molecule has 0 unspecified atom stereocenters. The second kappa shape index (κ2) is 9.70. The third-order valence-electron chi connectivity index (χ3n) is 4.12. The van der Waals surface area contributed by atoms with Crippen LogP contribution in [0.5, 0.6) is 11.5 Å². The quantitative estimate of drug-likeness (QED) is 0.346. The largest absolute Gasteiger partial charge is 0.497 e. The monoisotopic (exact) mass is 435 g/mol. The number of hydrogen-bond acceptors (Lipinski definition) is 5. The van der Waals surface area contributed by atoms with Crippen LogP contribution in [0.3, 0.4) is 0 Å². The first kappa shape index (κ1) is 23.3. The maximum atomic E-state index is 10.6. The van der Waals surface area contributed by atoms with E-state index in [2.05, 4.69) is 5.32 Å². The van der Waals surface area contributed by atoms with Gasteiger partial charge in [-0.05, 0) is 41.8 Å². The van der Waals surface area contributed by atoms with Gasteiger partial charge >= 0.3 is 12.1 Å². The van der Waals surface area contributed by atoms with E-state index in [1.165, 1.54) is 0 Å². The highest BCUT2D eigenvalue weighted by Crippen LogP contribution is 2.36. The highest BCUT2D eigenvalue weighted by Gasteiger charge is 2.38. The van der Waals surface area contributed by atoms with Crippen molar-refractivity contribution in [1.29, 1.82) is 5.41 Å². The van der Waals surface area contributed by atoms with Gasteiger partial charge in [0, 0.05) is 16.6 Å². The predicted molar refractivity (Wildman–Crippen MR) is 111 cm³/mol. The van der Waals surface area contributed by atoms with Crippen LogP contribution in [0.25, 0.3) is 10.8 Å². The van der Waals surface area contributed by atoms with Crippen molar-refractivity contribution >= 4 is 34.0 Å². The Bertz CT molecular complexity index is 1080. The van der Waals surface area contributed by atoms with Gasteiger partial charge in [0.05, 0.1) is 19.9 Å². The molecule has 0 heterocycles. The molecule has 10 heteroatoms. The molecule has 0 aromatic heterocycles. The van der Waals surface area contributed by atoms with Crippen LogP contribution in [0, 0.1) is 5.41 Å². The zero-order valence-corrected chi connectivity index (χ0v) is 16.6. The minimum absolute atomic E-state index is 0.0371. The molecule has 0 bridgehead atoms. The Morgan fingerprint density at radius 2 is 1.61 bits per heavy atom. The van der Waals surface area contributed by atoms with Gasteiger partial charge in [0.15, 0.2) is 0 Å². The fourth-order valence-electron chi connectivity index (χ4n) is 2.58. The Labute approximate surface area is 175 Å². The van der Waals surface area contributed by atoms with E-state index >= 15 is 0 Å². The van der Waals surface area contributed by atoms with Gasteiger partial charge in [0.1, 0.15) is 17.3 Å². The van der Waals surface area contributed by atoms with Crippen LogP contribution in [0.4, 0.5) is 24.5 Å². The van der Waals surface area contributed by atoms with E-state index < -0.39 is 12.1 Å². The van der Waals surface area contributed by atoms with Gasteiger partial charge in [0.25, 0.3) is 0 Å². The molecule has 164 valence electrons. The number of halogens is 3. The first-order chi connectivity index (χ1) is 14.6. The lowest BCUT2D eigenvalue weighted by atomic mass is 10.0. The molecule has 0 aliphatic heterocycles. The zero-order valence-electron chi connectivity index (χ0n) is 16.6. The van der Waals surface area contributed by atoms with E-state index in [1.54, 1.807) is 14.2 Å². The summed E-state index contributed by atoms with van der Waals surface area (Å²) < 4.78 is 42.4. The number of ether oxygens (including phenoxy) is 2. The summed E-state index contributed by atoms with van der Waals surface area (Å²) in [6.07, 6.45) is -5.08. The zero-order chi connectivity index (χ0) is 23.2. The van der Waals surface area contributed by atoms with Crippen LogP contribution in [0.1, 0.15) is 5.56 Å². The summed E-state index contributed by atoms with van der Waals surface area (Å²) in [6, 6.07) is 17.2. The van der Waals surface area contributed by atoms with Crippen LogP contribution in [0.2, 0.25) is 0 Å². The molecule has 5 N–H and O–H groups in total. The van der Waals surface area contributed by atoms with Gasteiger partial charge < -0.3 is 25.6 Å². The van der Waals surface area contributed by atoms with Crippen molar-refractivity contribution in [2.24, 2.45) is 5.73 Å². The SMILES string of the molecule is COc1ccc(Nc2c(OC)ccc3ccc(C(=N)N)cc23)cc1.O=C(O)C(F)(F)F. The molecule has 3 aromatic rings. The summed E-state index contributed by atoms with van der Waals surface area (Å²) in [5.41, 5.74) is 8.05. The number of benzene rings is 3. The number of fused-ring (bicyclic) bond motifs is 1. The molecule has 0 aliphatic rings. The molecule has 3 rings (SSSR count). The Morgan fingerprint density at radius 1 is 1.03 bits per heavy atom. The Kier molecular flexibility index (Phi) is 7.30. The molecule has 0 amide bonds. The summed E-state index contributed by atoms with van der Waals surface area (Å²) in [5.74, 6) is -1.20. The molecule has 0 atom stereocenters. The maximum Gasteiger partial charge on any atom is 0.490 e. The maximum absolute atomic E-state index is 10.6. The third-order valence-corrected chi connectivity index (χ3v) is 4.12. The Balaban J connectivity index is 0.000000423. The third kappa shape index (κ3) is 6.01. The van der Waals surface area contributed by atoms with Crippen LogP contribution in [-0.2, 0) is 4.79 Å². The first-order valence-electron chi connectivity index (χ1n) is 8.73. The van der Waals surface area contributed by atoms with Crippen molar-refractivity contribution in [2.45, 2.75) is 6.18 Å². The number of carboxylic acids is 1. The highest BCUT2D eigenvalue weighted by atomic mass is 19.4. The number of methoxy groups -OCH3 is 2. The van der Waals surface area contributed by atoms with E-state index in [4.69, 9.17) is 30.5 Å². The molecular formula is C21H20F3N3O4. The van der Waals surface area contributed by atoms with E-state index in [9.17, 15) is 13.2 Å². The van der Waals surface area contributed by atoms with E-state index in [-0.39, 0.29) is 5.84 Å². The molecule has 0 radical (unpaired) electrons. The van der Waals surface area contributed by atoms with Gasteiger partial charge in [-0.3, -0.25) is 5.41 Å². The summed E-state index contributed by atoms with van der Waals surface area (Å²) >= 11 is 0. The summed E-state index contributed by atoms with van der Waals surface area (Å²) in [6.45, 7) is 0. The summed E-state index contributed by atoms with van der Waals surface area (Å²) in [7, 11) is 3.27. The van der Waals surface area contributed by atoms with E-state index in [0.717, 1.165) is 33.6 Å². The smallest absolute Gasteiger partial charge is 0.490 e. The van der Waals surface area contributed by atoms with Crippen molar-refractivity contribution < 1.29 is 32.5 Å². The van der Waals surface area contributed by atoms with Gasteiger partial charge in [0.2, 0.25) is 0 Å². The van der Waals surface area contributed by atoms with E-state index in [0.29, 0.717) is 5.56 Å². The van der Waals surface area contributed by atoms with E-state index in [1.807, 2.05) is 54.6 Å². The lowest BCUT2D eigenvalue weighted by molar-refractivity contribution is -0.192. The van der Waals surface area contributed by atoms with Crippen molar-refractivity contribution in [3.05, 3.63) is 60.2 Å². The molecule has 7 nitrogen and oxygen atoms in total. The molecule has 3 aromatic carbocycles. The number of alkyl halides is 3. The number of aliphatic carboxylic acids is 1. The lowest BCUT2D eigenvalue weighted by Crippen LogP contribution is -2.21. The molecule has 0 fully saturated rings. The number of nitrogens with two attached hydrogens (primary N) is 1. The Hall–Kier alpha value is -3.95. The van der Waals surface area contributed by atoms with Crippen molar-refractivity contribution in [1.82, 2.24) is 0 Å². The summed E-state index contributed by atoms with van der Waals surface area (Å²) in [5, 5.41) is 20.2. The van der Waals surface area contributed by atoms with Crippen molar-refractivity contribution in [3.8, 4) is 11.5 Å². The number of amidine groups is 1. The fraction of sp³-hybridized carbons (Fsp3) is 0.143. The molecule has 0 saturated carbocycles. The number of anilines is 2. The fourth-order valence-corrected chi connectivity index (χ4v) is 2.58. The minimum atomic E-state index is -5.08.